The molecule has 2 aliphatic rings. The maximum absolute atomic E-state index is 14.6. The number of nitrogens with zero attached hydrogens (tertiary/aromatic N) is 2. The van der Waals surface area contributed by atoms with E-state index in [1.54, 1.807) is 6.20 Å². The number of piperidine rings is 1. The van der Waals surface area contributed by atoms with Gasteiger partial charge in [0.25, 0.3) is 0 Å². The van der Waals surface area contributed by atoms with Crippen molar-refractivity contribution in [1.82, 2.24) is 10.3 Å². The van der Waals surface area contributed by atoms with E-state index in [4.69, 9.17) is 0 Å². The van der Waals surface area contributed by atoms with Crippen LogP contribution in [-0.4, -0.2) is 30.0 Å². The van der Waals surface area contributed by atoms with Gasteiger partial charge >= 0.3 is 0 Å². The fourth-order valence-corrected chi connectivity index (χ4v) is 4.73. The quantitative estimate of drug-likeness (QED) is 0.739. The first-order valence-corrected chi connectivity index (χ1v) is 11.2. The van der Waals surface area contributed by atoms with Crippen molar-refractivity contribution < 1.29 is 9.18 Å². The number of rotatable bonds is 5. The van der Waals surface area contributed by atoms with Crippen LogP contribution in [0.4, 0.5) is 10.1 Å². The molecule has 1 aliphatic heterocycles. The SMILES string of the molecule is C[C@H]1C[C@@H](NC(=O)CC2CC2)CN(c2ccc(C(F)(P)P)c3ncccc23)C1. The Labute approximate surface area is 170 Å². The lowest BCUT2D eigenvalue weighted by atomic mass is 9.94. The largest absolute Gasteiger partial charge is 0.369 e. The van der Waals surface area contributed by atoms with E-state index in [2.05, 4.69) is 40.6 Å². The molecule has 4 rings (SSSR count). The summed E-state index contributed by atoms with van der Waals surface area (Å²) < 4.78 is 14.6. The fraction of sp³-hybridized carbons (Fsp3) is 0.524. The molecule has 2 fully saturated rings. The summed E-state index contributed by atoms with van der Waals surface area (Å²) in [6, 6.07) is 7.85. The lowest BCUT2D eigenvalue weighted by Crippen LogP contribution is -2.50. The van der Waals surface area contributed by atoms with E-state index in [0.717, 1.165) is 30.6 Å². The summed E-state index contributed by atoms with van der Waals surface area (Å²) in [6.07, 6.45) is 5.73. The lowest BCUT2D eigenvalue weighted by Gasteiger charge is -2.39. The van der Waals surface area contributed by atoms with Crippen LogP contribution in [0.25, 0.3) is 10.9 Å². The molecule has 1 N–H and O–H groups in total. The number of amides is 1. The van der Waals surface area contributed by atoms with Gasteiger partial charge in [-0.2, -0.15) is 0 Å². The molecule has 4 atom stereocenters. The van der Waals surface area contributed by atoms with Crippen LogP contribution >= 0.6 is 18.5 Å². The van der Waals surface area contributed by atoms with Crippen molar-refractivity contribution in [1.29, 1.82) is 0 Å². The Morgan fingerprint density at radius 3 is 2.82 bits per heavy atom. The molecule has 0 bridgehead atoms. The van der Waals surface area contributed by atoms with Crippen molar-refractivity contribution >= 4 is 41.0 Å². The second-order valence-electron chi connectivity index (χ2n) is 8.46. The van der Waals surface area contributed by atoms with Gasteiger partial charge in [0.15, 0.2) is 5.15 Å². The third-order valence-electron chi connectivity index (χ3n) is 5.70. The normalized spacial score (nSPS) is 23.1. The molecule has 150 valence electrons. The van der Waals surface area contributed by atoms with Crippen molar-refractivity contribution in [3.8, 4) is 0 Å². The first-order chi connectivity index (χ1) is 13.3. The number of fused-ring (bicyclic) bond motifs is 1. The Bertz CT molecular complexity index is 882. The minimum absolute atomic E-state index is 0.144. The predicted molar refractivity (Wildman–Crippen MR) is 119 cm³/mol. The first-order valence-electron chi connectivity index (χ1n) is 10.0. The average molecular weight is 419 g/mol. The number of hydrogen-bond donors (Lipinski definition) is 1. The highest BCUT2D eigenvalue weighted by Gasteiger charge is 2.30. The molecular formula is C21H28FN3OP2. The van der Waals surface area contributed by atoms with Gasteiger partial charge in [0.2, 0.25) is 5.91 Å². The second-order valence-corrected chi connectivity index (χ2v) is 10.8. The highest BCUT2D eigenvalue weighted by molar-refractivity contribution is 7.38. The summed E-state index contributed by atoms with van der Waals surface area (Å²) in [5.41, 5.74) is 2.28. The summed E-state index contributed by atoms with van der Waals surface area (Å²) >= 11 is 0. The molecule has 2 unspecified atom stereocenters. The standard InChI is InChI=1S/C21H28FN3OP2/c1-13-9-15(24-19(26)10-14-4-5-14)12-25(11-13)18-7-6-17(21(22,27)28)20-16(18)3-2-8-23-20/h2-3,6-8,13-15H,4-5,9-12,27-28H2,1H3,(H,24,26)/t13-,15+/m0/s1. The molecule has 1 aromatic heterocycles. The molecule has 1 saturated carbocycles. The van der Waals surface area contributed by atoms with Gasteiger partial charge in [-0.25, -0.2) is 4.39 Å². The molecule has 1 amide bonds. The summed E-state index contributed by atoms with van der Waals surface area (Å²) in [4.78, 5) is 19.1. The Hall–Kier alpha value is -1.31. The minimum Gasteiger partial charge on any atom is -0.369 e. The van der Waals surface area contributed by atoms with Gasteiger partial charge in [0.1, 0.15) is 0 Å². The van der Waals surface area contributed by atoms with Crippen LogP contribution in [0.5, 0.6) is 0 Å². The molecule has 1 aromatic carbocycles. The van der Waals surface area contributed by atoms with E-state index >= 15 is 0 Å². The summed E-state index contributed by atoms with van der Waals surface area (Å²) in [5.74, 6) is 1.24. The molecule has 7 heteroatoms. The molecule has 0 spiro atoms. The van der Waals surface area contributed by atoms with Crippen LogP contribution in [0, 0.1) is 11.8 Å². The van der Waals surface area contributed by atoms with E-state index in [9.17, 15) is 9.18 Å². The monoisotopic (exact) mass is 419 g/mol. The molecule has 28 heavy (non-hydrogen) atoms. The lowest BCUT2D eigenvalue weighted by molar-refractivity contribution is -0.122. The molecule has 2 aromatic rings. The van der Waals surface area contributed by atoms with Gasteiger partial charge in [-0.05, 0) is 49.3 Å². The van der Waals surface area contributed by atoms with Crippen LogP contribution < -0.4 is 10.2 Å². The number of pyridine rings is 1. The van der Waals surface area contributed by atoms with Crippen molar-refractivity contribution in [3.05, 3.63) is 36.0 Å². The van der Waals surface area contributed by atoms with E-state index in [-0.39, 0.29) is 11.9 Å². The van der Waals surface area contributed by atoms with Crippen LogP contribution in [0.2, 0.25) is 0 Å². The Balaban J connectivity index is 1.60. The van der Waals surface area contributed by atoms with Crippen molar-refractivity contribution in [2.24, 2.45) is 11.8 Å². The number of hydrogen-bond acceptors (Lipinski definition) is 3. The number of benzene rings is 1. The van der Waals surface area contributed by atoms with Gasteiger partial charge in [-0.1, -0.05) is 31.5 Å². The zero-order chi connectivity index (χ0) is 19.9. The van der Waals surface area contributed by atoms with Gasteiger partial charge in [0, 0.05) is 48.4 Å². The second kappa shape index (κ2) is 7.84. The van der Waals surface area contributed by atoms with Crippen molar-refractivity contribution in [2.45, 2.75) is 43.8 Å². The number of aromatic nitrogens is 1. The molecule has 1 saturated heterocycles. The number of anilines is 1. The van der Waals surface area contributed by atoms with E-state index in [0.29, 0.717) is 29.3 Å². The third kappa shape index (κ3) is 4.47. The summed E-state index contributed by atoms with van der Waals surface area (Å²) in [6.45, 7) is 3.91. The highest BCUT2D eigenvalue weighted by atomic mass is 31.1. The van der Waals surface area contributed by atoms with Gasteiger partial charge in [0.05, 0.1) is 5.52 Å². The smallest absolute Gasteiger partial charge is 0.220 e. The molecule has 1 aliphatic carbocycles. The maximum Gasteiger partial charge on any atom is 0.220 e. The van der Waals surface area contributed by atoms with E-state index in [1.807, 2.05) is 24.3 Å². The Kier molecular flexibility index (Phi) is 5.60. The topological polar surface area (TPSA) is 45.2 Å². The van der Waals surface area contributed by atoms with E-state index < -0.39 is 5.15 Å². The summed E-state index contributed by atoms with van der Waals surface area (Å²) in [5, 5.41) is 2.58. The molecule has 4 nitrogen and oxygen atoms in total. The van der Waals surface area contributed by atoms with Crippen LogP contribution in [-0.2, 0) is 9.95 Å². The minimum atomic E-state index is -1.61. The van der Waals surface area contributed by atoms with Crippen LogP contribution in [0.15, 0.2) is 30.5 Å². The Morgan fingerprint density at radius 2 is 2.11 bits per heavy atom. The van der Waals surface area contributed by atoms with Crippen LogP contribution in [0.3, 0.4) is 0 Å². The summed E-state index contributed by atoms with van der Waals surface area (Å²) in [7, 11) is 4.46. The fourth-order valence-electron chi connectivity index (χ4n) is 4.27. The molecular weight excluding hydrogens is 391 g/mol. The Morgan fingerprint density at radius 1 is 1.32 bits per heavy atom. The zero-order valence-corrected chi connectivity index (χ0v) is 18.5. The van der Waals surface area contributed by atoms with E-state index in [1.165, 1.54) is 12.8 Å². The van der Waals surface area contributed by atoms with Gasteiger partial charge in [-0.15, -0.1) is 0 Å². The average Bonchev–Trinajstić information content (AvgIpc) is 3.43. The van der Waals surface area contributed by atoms with Gasteiger partial charge in [-0.3, -0.25) is 9.78 Å². The third-order valence-corrected chi connectivity index (χ3v) is 6.32. The maximum atomic E-state index is 14.6. The zero-order valence-electron chi connectivity index (χ0n) is 16.2. The molecule has 0 radical (unpaired) electrons. The van der Waals surface area contributed by atoms with Crippen LogP contribution in [0.1, 0.15) is 38.2 Å². The number of carbonyl (C=O) groups is 1. The number of alkyl halides is 1. The van der Waals surface area contributed by atoms with Crippen molar-refractivity contribution in [2.75, 3.05) is 18.0 Å². The number of halogens is 1. The van der Waals surface area contributed by atoms with Gasteiger partial charge < -0.3 is 10.2 Å². The molecule has 2 heterocycles. The number of nitrogens with one attached hydrogen (secondary N) is 1. The first kappa shape index (κ1) is 20.0. The highest BCUT2D eigenvalue weighted by Crippen LogP contribution is 2.44. The number of carbonyl (C=O) groups excluding carboxylic acids is 1. The predicted octanol–water partition coefficient (Wildman–Crippen LogP) is 4.20. The van der Waals surface area contributed by atoms with Crippen molar-refractivity contribution in [3.63, 3.8) is 0 Å².